The highest BCUT2D eigenvalue weighted by Gasteiger charge is 2.28. The average Bonchev–Trinajstić information content (AvgIpc) is 2.44. The standard InChI is InChI=1S/C13H16N2O4S2/c1-3-10(12(16)19-4-2)20-13-14-9-7-5-6-8-11(9)21(17,18)15-13/h5-8,10H,3-4H2,1-2H3,(H,14,15). The van der Waals surface area contributed by atoms with E-state index in [1.165, 1.54) is 6.07 Å². The maximum absolute atomic E-state index is 12.1. The molecule has 6 nitrogen and oxygen atoms in total. The van der Waals surface area contributed by atoms with Crippen molar-refractivity contribution in [3.05, 3.63) is 24.3 Å². The van der Waals surface area contributed by atoms with Crippen LogP contribution in [-0.4, -0.2) is 31.4 Å². The molecule has 1 aromatic carbocycles. The van der Waals surface area contributed by atoms with Crippen molar-refractivity contribution in [2.75, 3.05) is 11.9 Å². The molecular formula is C13H16N2O4S2. The summed E-state index contributed by atoms with van der Waals surface area (Å²) in [6, 6.07) is 6.52. The number of nitrogens with zero attached hydrogens (tertiary/aromatic N) is 1. The Morgan fingerprint density at radius 2 is 2.10 bits per heavy atom. The van der Waals surface area contributed by atoms with Gasteiger partial charge in [-0.3, -0.25) is 4.79 Å². The zero-order valence-corrected chi connectivity index (χ0v) is 13.3. The molecule has 0 saturated heterocycles. The van der Waals surface area contributed by atoms with E-state index < -0.39 is 15.3 Å². The minimum atomic E-state index is -3.73. The Morgan fingerprint density at radius 1 is 1.38 bits per heavy atom. The lowest BCUT2D eigenvalue weighted by molar-refractivity contribution is -0.142. The monoisotopic (exact) mass is 328 g/mol. The van der Waals surface area contributed by atoms with Crippen LogP contribution in [0.15, 0.2) is 33.6 Å². The van der Waals surface area contributed by atoms with Crippen LogP contribution < -0.4 is 5.32 Å². The molecule has 1 aliphatic heterocycles. The van der Waals surface area contributed by atoms with Crippen molar-refractivity contribution in [1.29, 1.82) is 0 Å². The molecule has 1 aromatic rings. The molecule has 1 unspecified atom stereocenters. The molecule has 1 atom stereocenters. The Balaban J connectivity index is 2.23. The first kappa shape index (κ1) is 15.8. The molecule has 2 rings (SSSR count). The molecule has 0 radical (unpaired) electrons. The molecule has 0 spiro atoms. The summed E-state index contributed by atoms with van der Waals surface area (Å²) in [5.41, 5.74) is 0.466. The summed E-state index contributed by atoms with van der Waals surface area (Å²) in [5, 5.41) is 2.64. The normalized spacial score (nSPS) is 17.1. The van der Waals surface area contributed by atoms with E-state index in [9.17, 15) is 13.2 Å². The third kappa shape index (κ3) is 3.56. The van der Waals surface area contributed by atoms with Crippen LogP contribution in [0.3, 0.4) is 0 Å². The van der Waals surface area contributed by atoms with Crippen LogP contribution in [0.5, 0.6) is 0 Å². The fourth-order valence-corrected chi connectivity index (χ4v) is 4.06. The Hall–Kier alpha value is -1.54. The van der Waals surface area contributed by atoms with E-state index in [0.29, 0.717) is 12.1 Å². The van der Waals surface area contributed by atoms with Crippen LogP contribution in [0, 0.1) is 0 Å². The van der Waals surface area contributed by atoms with E-state index in [-0.39, 0.29) is 22.6 Å². The number of hydrogen-bond acceptors (Lipinski definition) is 6. The van der Waals surface area contributed by atoms with Crippen LogP contribution in [0.2, 0.25) is 0 Å². The van der Waals surface area contributed by atoms with Gasteiger partial charge >= 0.3 is 5.97 Å². The van der Waals surface area contributed by atoms with Gasteiger partial charge in [-0.2, -0.15) is 8.42 Å². The molecule has 0 aromatic heterocycles. The molecule has 1 aliphatic rings. The number of hydrogen-bond donors (Lipinski definition) is 1. The van der Waals surface area contributed by atoms with Gasteiger partial charge < -0.3 is 10.1 Å². The first-order valence-electron chi connectivity index (χ1n) is 6.52. The molecule has 0 saturated carbocycles. The topological polar surface area (TPSA) is 84.8 Å². The summed E-state index contributed by atoms with van der Waals surface area (Å²) in [5.74, 6) is -0.370. The van der Waals surface area contributed by atoms with Gasteiger partial charge in [-0.25, -0.2) is 0 Å². The van der Waals surface area contributed by atoms with E-state index in [1.54, 1.807) is 25.1 Å². The number of ether oxygens (including phenoxy) is 1. The second-order valence-electron chi connectivity index (χ2n) is 4.26. The Morgan fingerprint density at radius 3 is 2.76 bits per heavy atom. The molecule has 1 N–H and O–H groups in total. The van der Waals surface area contributed by atoms with Gasteiger partial charge in [-0.05, 0) is 25.5 Å². The number of carbonyl (C=O) groups excluding carboxylic acids is 1. The molecule has 0 bridgehead atoms. The first-order valence-corrected chi connectivity index (χ1v) is 8.84. The molecule has 0 amide bonds. The third-order valence-electron chi connectivity index (χ3n) is 2.78. The summed E-state index contributed by atoms with van der Waals surface area (Å²) < 4.78 is 32.9. The molecule has 0 fully saturated rings. The van der Waals surface area contributed by atoms with Crippen molar-refractivity contribution in [2.24, 2.45) is 4.40 Å². The summed E-state index contributed by atoms with van der Waals surface area (Å²) in [4.78, 5) is 11.9. The number of rotatable bonds is 4. The van der Waals surface area contributed by atoms with Crippen molar-refractivity contribution < 1.29 is 17.9 Å². The lowest BCUT2D eigenvalue weighted by Gasteiger charge is -2.20. The number of sulfonamides is 1. The van der Waals surface area contributed by atoms with Crippen LogP contribution in [0.4, 0.5) is 5.69 Å². The fraction of sp³-hybridized carbons (Fsp3) is 0.385. The molecule has 21 heavy (non-hydrogen) atoms. The number of fused-ring (bicyclic) bond motifs is 1. The van der Waals surface area contributed by atoms with Gasteiger partial charge in [0.05, 0.1) is 12.3 Å². The van der Waals surface area contributed by atoms with Gasteiger partial charge in [-0.1, -0.05) is 30.8 Å². The highest BCUT2D eigenvalue weighted by molar-refractivity contribution is 8.15. The number of esters is 1. The number of carbonyl (C=O) groups is 1. The van der Waals surface area contributed by atoms with Crippen molar-refractivity contribution >= 4 is 38.6 Å². The molecule has 1 heterocycles. The lowest BCUT2D eigenvalue weighted by atomic mass is 10.3. The Labute approximate surface area is 128 Å². The number of amidine groups is 1. The Bertz CT molecular complexity index is 671. The molecule has 8 heteroatoms. The van der Waals surface area contributed by atoms with Crippen molar-refractivity contribution in [3.8, 4) is 0 Å². The molecular weight excluding hydrogens is 312 g/mol. The third-order valence-corrected chi connectivity index (χ3v) is 5.46. The minimum Gasteiger partial charge on any atom is -0.465 e. The predicted molar refractivity (Wildman–Crippen MR) is 83.0 cm³/mol. The summed E-state index contributed by atoms with van der Waals surface area (Å²) in [6.07, 6.45) is 0.520. The predicted octanol–water partition coefficient (Wildman–Crippen LogP) is 2.23. The van der Waals surface area contributed by atoms with Crippen LogP contribution in [0.1, 0.15) is 20.3 Å². The number of para-hydroxylation sites is 1. The van der Waals surface area contributed by atoms with Crippen molar-refractivity contribution in [3.63, 3.8) is 0 Å². The number of benzene rings is 1. The van der Waals surface area contributed by atoms with Crippen molar-refractivity contribution in [1.82, 2.24) is 0 Å². The van der Waals surface area contributed by atoms with Gasteiger partial charge in [0, 0.05) is 0 Å². The largest absolute Gasteiger partial charge is 0.465 e. The first-order chi connectivity index (χ1) is 9.97. The van der Waals surface area contributed by atoms with E-state index in [1.807, 2.05) is 6.92 Å². The highest BCUT2D eigenvalue weighted by Crippen LogP contribution is 2.30. The number of anilines is 1. The van der Waals surface area contributed by atoms with E-state index >= 15 is 0 Å². The SMILES string of the molecule is CCOC(=O)C(CC)SC1=NS(=O)(=O)c2ccccc2N1. The van der Waals surface area contributed by atoms with E-state index in [4.69, 9.17) is 4.74 Å². The van der Waals surface area contributed by atoms with Gasteiger partial charge in [0.25, 0.3) is 10.0 Å². The fourth-order valence-electron chi connectivity index (χ4n) is 1.81. The summed E-state index contributed by atoms with van der Waals surface area (Å²) in [6.45, 7) is 3.85. The quantitative estimate of drug-likeness (QED) is 0.853. The second kappa shape index (κ2) is 6.48. The maximum atomic E-state index is 12.1. The highest BCUT2D eigenvalue weighted by atomic mass is 32.2. The van der Waals surface area contributed by atoms with Gasteiger partial charge in [0.15, 0.2) is 5.17 Å². The zero-order chi connectivity index (χ0) is 15.5. The van der Waals surface area contributed by atoms with Gasteiger partial charge in [-0.15, -0.1) is 4.40 Å². The molecule has 0 aliphatic carbocycles. The number of nitrogens with one attached hydrogen (secondary N) is 1. The Kier molecular flexibility index (Phi) is 4.89. The summed E-state index contributed by atoms with van der Waals surface area (Å²) >= 11 is 1.06. The van der Waals surface area contributed by atoms with Crippen LogP contribution in [0.25, 0.3) is 0 Å². The zero-order valence-electron chi connectivity index (χ0n) is 11.7. The smallest absolute Gasteiger partial charge is 0.319 e. The molecule has 114 valence electrons. The van der Waals surface area contributed by atoms with Gasteiger partial charge in [0.1, 0.15) is 10.1 Å². The number of thioether (sulfide) groups is 1. The van der Waals surface area contributed by atoms with E-state index in [2.05, 4.69) is 9.71 Å². The lowest BCUT2D eigenvalue weighted by Crippen LogP contribution is -2.26. The van der Waals surface area contributed by atoms with Gasteiger partial charge in [0.2, 0.25) is 0 Å². The van der Waals surface area contributed by atoms with Crippen LogP contribution >= 0.6 is 11.8 Å². The minimum absolute atomic E-state index is 0.138. The van der Waals surface area contributed by atoms with E-state index in [0.717, 1.165) is 11.8 Å². The second-order valence-corrected chi connectivity index (χ2v) is 7.02. The summed E-state index contributed by atoms with van der Waals surface area (Å²) in [7, 11) is -3.73. The maximum Gasteiger partial charge on any atom is 0.319 e. The average molecular weight is 328 g/mol. The van der Waals surface area contributed by atoms with Crippen LogP contribution in [-0.2, 0) is 19.6 Å². The van der Waals surface area contributed by atoms with Crippen molar-refractivity contribution in [2.45, 2.75) is 30.4 Å².